The second kappa shape index (κ2) is 4.14. The molecule has 0 N–H and O–H groups in total. The van der Waals surface area contributed by atoms with E-state index in [2.05, 4.69) is 0 Å². The molecule has 0 heterocycles. The molecular weight excluding hydrogens is 154 g/mol. The Morgan fingerprint density at radius 2 is 2.25 bits per heavy atom. The lowest BCUT2D eigenvalue weighted by atomic mass is 9.75. The number of ether oxygens (including phenoxy) is 1. The van der Waals surface area contributed by atoms with E-state index >= 15 is 0 Å². The third kappa shape index (κ3) is 2.00. The van der Waals surface area contributed by atoms with E-state index in [9.17, 15) is 4.39 Å². The predicted molar refractivity (Wildman–Crippen MR) is 48.3 cm³/mol. The quantitative estimate of drug-likeness (QED) is 0.623. The third-order valence-corrected chi connectivity index (χ3v) is 1.66. The summed E-state index contributed by atoms with van der Waals surface area (Å²) in [5.74, 6) is 0.00621. The monoisotopic (exact) mass is 165 g/mol. The maximum absolute atomic E-state index is 13.0. The molecule has 0 fully saturated rings. The second-order valence-corrected chi connectivity index (χ2v) is 2.58. The zero-order valence-corrected chi connectivity index (χ0v) is 7.30. The van der Waals surface area contributed by atoms with Crippen molar-refractivity contribution in [2.75, 3.05) is 7.11 Å². The minimum Gasteiger partial charge on any atom is -0.494 e. The summed E-state index contributed by atoms with van der Waals surface area (Å²) in [6, 6.07) is 5.01. The Labute approximate surface area is 72.8 Å². The van der Waals surface area contributed by atoms with Crippen molar-refractivity contribution in [1.29, 1.82) is 0 Å². The highest BCUT2D eigenvalue weighted by molar-refractivity contribution is 6.32. The van der Waals surface area contributed by atoms with Gasteiger partial charge >= 0.3 is 0 Å². The molecule has 1 aromatic carbocycles. The van der Waals surface area contributed by atoms with Gasteiger partial charge in [0.15, 0.2) is 11.6 Å². The van der Waals surface area contributed by atoms with Crippen molar-refractivity contribution in [2.45, 2.75) is 13.1 Å². The zero-order valence-electron chi connectivity index (χ0n) is 7.30. The molecule has 3 heteroatoms. The number of hydrogen-bond donors (Lipinski definition) is 0. The Bertz CT molecular complexity index is 263. The molecule has 0 amide bonds. The molecule has 0 bridgehead atoms. The molecule has 1 rings (SSSR count). The van der Waals surface area contributed by atoms with E-state index in [1.165, 1.54) is 13.2 Å². The molecule has 0 aliphatic carbocycles. The van der Waals surface area contributed by atoms with Crippen molar-refractivity contribution < 1.29 is 9.13 Å². The van der Waals surface area contributed by atoms with Gasteiger partial charge in [-0.2, -0.15) is 0 Å². The van der Waals surface area contributed by atoms with Crippen molar-refractivity contribution in [1.82, 2.24) is 0 Å². The summed E-state index contributed by atoms with van der Waals surface area (Å²) < 4.78 is 17.8. The smallest absolute Gasteiger partial charge is 0.165 e. The van der Waals surface area contributed by atoms with Crippen LogP contribution in [0, 0.1) is 5.82 Å². The van der Waals surface area contributed by atoms with Crippen LogP contribution in [-0.2, 0) is 6.32 Å². The molecule has 1 aromatic rings. The molecule has 12 heavy (non-hydrogen) atoms. The van der Waals surface area contributed by atoms with Gasteiger partial charge in [0.1, 0.15) is 7.28 Å². The van der Waals surface area contributed by atoms with Crippen molar-refractivity contribution in [2.24, 2.45) is 0 Å². The number of rotatable bonds is 3. The van der Waals surface area contributed by atoms with Crippen LogP contribution in [-0.4, -0.2) is 14.4 Å². The maximum atomic E-state index is 13.0. The molecule has 0 saturated heterocycles. The Hall–Kier alpha value is -0.985. The van der Waals surface area contributed by atoms with Gasteiger partial charge in [0.05, 0.1) is 7.11 Å². The molecule has 0 atom stereocenters. The van der Waals surface area contributed by atoms with Crippen molar-refractivity contribution in [3.63, 3.8) is 0 Å². The largest absolute Gasteiger partial charge is 0.494 e. The van der Waals surface area contributed by atoms with Crippen LogP contribution >= 0.6 is 0 Å². The van der Waals surface area contributed by atoms with Gasteiger partial charge < -0.3 is 4.74 Å². The minimum absolute atomic E-state index is 0.295. The van der Waals surface area contributed by atoms with Crippen LogP contribution in [0.1, 0.15) is 5.56 Å². The first-order chi connectivity index (χ1) is 5.77. The fourth-order valence-electron chi connectivity index (χ4n) is 1.07. The van der Waals surface area contributed by atoms with E-state index in [4.69, 9.17) is 4.74 Å². The normalized spacial score (nSPS) is 9.58. The van der Waals surface area contributed by atoms with Gasteiger partial charge in [-0.1, -0.05) is 24.8 Å². The van der Waals surface area contributed by atoms with E-state index in [0.717, 1.165) is 11.9 Å². The number of methoxy groups -OCH3 is 1. The summed E-state index contributed by atoms with van der Waals surface area (Å²) in [7, 11) is 3.45. The van der Waals surface area contributed by atoms with Gasteiger partial charge in [-0.25, -0.2) is 4.39 Å². The summed E-state index contributed by atoms with van der Waals surface area (Å²) in [4.78, 5) is 0. The second-order valence-electron chi connectivity index (χ2n) is 2.58. The number of halogens is 1. The highest BCUT2D eigenvalue weighted by atomic mass is 19.1. The van der Waals surface area contributed by atoms with Crippen molar-refractivity contribution >= 4 is 7.28 Å². The van der Waals surface area contributed by atoms with Gasteiger partial charge in [-0.3, -0.25) is 0 Å². The Kier molecular flexibility index (Phi) is 3.14. The third-order valence-electron chi connectivity index (χ3n) is 1.66. The van der Waals surface area contributed by atoms with E-state index in [1.54, 1.807) is 6.07 Å². The highest BCUT2D eigenvalue weighted by Gasteiger charge is 2.01. The molecule has 1 radical (unpaired) electrons. The van der Waals surface area contributed by atoms with E-state index in [1.807, 2.05) is 20.2 Å². The molecule has 0 unspecified atom stereocenters. The van der Waals surface area contributed by atoms with Gasteiger partial charge in [-0.05, 0) is 12.1 Å². The van der Waals surface area contributed by atoms with Crippen LogP contribution in [0.15, 0.2) is 18.2 Å². The van der Waals surface area contributed by atoms with E-state index in [-0.39, 0.29) is 5.82 Å². The number of benzene rings is 1. The van der Waals surface area contributed by atoms with E-state index in [0.29, 0.717) is 5.75 Å². The predicted octanol–water partition coefficient (Wildman–Crippen LogP) is 2.09. The van der Waals surface area contributed by atoms with Gasteiger partial charge in [0.25, 0.3) is 0 Å². The fraction of sp³-hybridized carbons (Fsp3) is 0.333. The van der Waals surface area contributed by atoms with E-state index < -0.39 is 0 Å². The van der Waals surface area contributed by atoms with Crippen LogP contribution < -0.4 is 4.74 Å². The minimum atomic E-state index is -0.295. The fourth-order valence-corrected chi connectivity index (χ4v) is 1.07. The lowest BCUT2D eigenvalue weighted by molar-refractivity contribution is 0.386. The van der Waals surface area contributed by atoms with Crippen LogP contribution in [0.2, 0.25) is 6.82 Å². The van der Waals surface area contributed by atoms with Crippen LogP contribution in [0.3, 0.4) is 0 Å². The first kappa shape index (κ1) is 9.11. The Balaban J connectivity index is 2.86. The topological polar surface area (TPSA) is 9.23 Å². The highest BCUT2D eigenvalue weighted by Crippen LogP contribution is 2.17. The summed E-state index contributed by atoms with van der Waals surface area (Å²) in [5, 5.41) is 0. The molecule has 0 saturated carbocycles. The lowest BCUT2D eigenvalue weighted by Gasteiger charge is -2.03. The summed E-state index contributed by atoms with van der Waals surface area (Å²) in [6.45, 7) is 1.95. The van der Waals surface area contributed by atoms with Crippen LogP contribution in [0.5, 0.6) is 5.75 Å². The summed E-state index contributed by atoms with van der Waals surface area (Å²) >= 11 is 0. The van der Waals surface area contributed by atoms with Gasteiger partial charge in [0.2, 0.25) is 0 Å². The lowest BCUT2D eigenvalue weighted by Crippen LogP contribution is -1.94. The van der Waals surface area contributed by atoms with Crippen molar-refractivity contribution in [3.8, 4) is 5.75 Å². The van der Waals surface area contributed by atoms with Crippen molar-refractivity contribution in [3.05, 3.63) is 29.6 Å². The SMILES string of the molecule is C[B]Cc1ccc(OC)c(F)c1. The average molecular weight is 165 g/mol. The number of hydrogen-bond acceptors (Lipinski definition) is 1. The first-order valence-electron chi connectivity index (χ1n) is 3.88. The molecule has 1 nitrogen and oxygen atoms in total. The average Bonchev–Trinajstić information content (AvgIpc) is 2.05. The van der Waals surface area contributed by atoms with Gasteiger partial charge in [-0.15, -0.1) is 0 Å². The first-order valence-corrected chi connectivity index (χ1v) is 3.88. The Morgan fingerprint density at radius 3 is 2.75 bits per heavy atom. The molecular formula is C9H11BFO. The summed E-state index contributed by atoms with van der Waals surface area (Å²) in [6.07, 6.45) is 0.793. The molecule has 0 aliphatic heterocycles. The zero-order chi connectivity index (χ0) is 8.97. The van der Waals surface area contributed by atoms with Crippen LogP contribution in [0.4, 0.5) is 4.39 Å². The Morgan fingerprint density at radius 1 is 1.50 bits per heavy atom. The standard InChI is InChI=1S/C9H11BFO/c1-10-6-7-3-4-9(12-2)8(11)5-7/h3-5H,6H2,1-2H3. The molecule has 0 aromatic heterocycles. The summed E-state index contributed by atoms with van der Waals surface area (Å²) in [5.41, 5.74) is 0.968. The maximum Gasteiger partial charge on any atom is 0.165 e. The molecule has 63 valence electrons. The molecule has 0 spiro atoms. The molecule has 0 aliphatic rings. The van der Waals surface area contributed by atoms with Gasteiger partial charge in [0, 0.05) is 0 Å². The van der Waals surface area contributed by atoms with Crippen LogP contribution in [0.25, 0.3) is 0 Å².